The van der Waals surface area contributed by atoms with Gasteiger partial charge in [-0.1, -0.05) is 25.0 Å². The number of nitrogens with one attached hydrogen (secondary N) is 2. The number of nitro benzene ring substituents is 1. The van der Waals surface area contributed by atoms with Crippen LogP contribution in [0.2, 0.25) is 0 Å². The number of aliphatic imine (C=N–C) groups is 1. The highest BCUT2D eigenvalue weighted by Gasteiger charge is 2.16. The Labute approximate surface area is 171 Å². The van der Waals surface area contributed by atoms with E-state index in [9.17, 15) is 10.1 Å². The minimum absolute atomic E-state index is 0.101. The molecule has 2 N–H and O–H groups in total. The molecule has 3 rings (SSSR count). The van der Waals surface area contributed by atoms with Crippen LogP contribution in [0.25, 0.3) is 0 Å². The normalized spacial score (nSPS) is 14.9. The molecule has 1 saturated carbocycles. The summed E-state index contributed by atoms with van der Waals surface area (Å²) in [6, 6.07) is 9.13. The molecule has 1 aromatic heterocycles. The van der Waals surface area contributed by atoms with E-state index >= 15 is 0 Å². The molecule has 0 unspecified atom stereocenters. The first kappa shape index (κ1) is 20.8. The van der Waals surface area contributed by atoms with Crippen molar-refractivity contribution in [3.05, 3.63) is 57.4 Å². The number of non-ortho nitro benzene ring substituents is 1. The Kier molecular flexibility index (Phi) is 7.21. The zero-order valence-electron chi connectivity index (χ0n) is 17.2. The average molecular weight is 399 g/mol. The summed E-state index contributed by atoms with van der Waals surface area (Å²) in [5.74, 6) is 0.809. The third-order valence-corrected chi connectivity index (χ3v) is 5.21. The monoisotopic (exact) mass is 398 g/mol. The Morgan fingerprint density at radius 2 is 2.00 bits per heavy atom. The van der Waals surface area contributed by atoms with Crippen LogP contribution in [0.4, 0.5) is 5.69 Å². The van der Waals surface area contributed by atoms with E-state index in [1.807, 2.05) is 11.6 Å². The number of hydrogen-bond donors (Lipinski definition) is 2. The summed E-state index contributed by atoms with van der Waals surface area (Å²) in [7, 11) is 0. The zero-order chi connectivity index (χ0) is 20.6. The molecule has 1 aliphatic rings. The Bertz CT molecular complexity index is 837. The fraction of sp³-hybridized carbons (Fsp3) is 0.524. The predicted octanol–water partition coefficient (Wildman–Crippen LogP) is 3.48. The van der Waals surface area contributed by atoms with E-state index in [4.69, 9.17) is 4.99 Å². The lowest BCUT2D eigenvalue weighted by atomic mass is 10.2. The second-order valence-corrected chi connectivity index (χ2v) is 7.64. The van der Waals surface area contributed by atoms with Crippen LogP contribution in [0.15, 0.2) is 35.3 Å². The largest absolute Gasteiger partial charge is 0.356 e. The van der Waals surface area contributed by atoms with Crippen LogP contribution in [0, 0.1) is 24.0 Å². The van der Waals surface area contributed by atoms with Crippen molar-refractivity contribution in [3.63, 3.8) is 0 Å². The molecule has 1 heterocycles. The molecule has 2 aromatic rings. The molecule has 0 bridgehead atoms. The first-order valence-corrected chi connectivity index (χ1v) is 10.3. The minimum Gasteiger partial charge on any atom is -0.356 e. The minimum atomic E-state index is -0.384. The molecule has 0 atom stereocenters. The lowest BCUT2D eigenvalue weighted by molar-refractivity contribution is -0.384. The Hall–Kier alpha value is -2.90. The molecule has 1 aromatic carbocycles. The fourth-order valence-corrected chi connectivity index (χ4v) is 3.65. The first-order chi connectivity index (χ1) is 14.0. The molecule has 156 valence electrons. The number of aryl methyl sites for hydroxylation is 3. The van der Waals surface area contributed by atoms with E-state index < -0.39 is 0 Å². The van der Waals surface area contributed by atoms with Crippen molar-refractivity contribution in [1.82, 2.24) is 20.4 Å². The first-order valence-electron chi connectivity index (χ1n) is 10.3. The topological polar surface area (TPSA) is 97.4 Å². The summed E-state index contributed by atoms with van der Waals surface area (Å²) in [6.07, 6.45) is 5.80. The van der Waals surface area contributed by atoms with E-state index in [1.54, 1.807) is 12.1 Å². The van der Waals surface area contributed by atoms with Crippen LogP contribution in [0.5, 0.6) is 0 Å². The molecule has 0 radical (unpaired) electrons. The third kappa shape index (κ3) is 6.30. The van der Waals surface area contributed by atoms with Gasteiger partial charge in [0.15, 0.2) is 5.96 Å². The van der Waals surface area contributed by atoms with E-state index in [0.717, 1.165) is 36.7 Å². The van der Waals surface area contributed by atoms with Crippen molar-refractivity contribution in [2.75, 3.05) is 6.54 Å². The molecule has 0 spiro atoms. The van der Waals surface area contributed by atoms with Crippen molar-refractivity contribution >= 4 is 11.6 Å². The summed E-state index contributed by atoms with van der Waals surface area (Å²) in [4.78, 5) is 15.1. The highest BCUT2D eigenvalue weighted by atomic mass is 16.6. The second-order valence-electron chi connectivity index (χ2n) is 7.64. The summed E-state index contributed by atoms with van der Waals surface area (Å²) in [5, 5.41) is 22.3. The van der Waals surface area contributed by atoms with Crippen molar-refractivity contribution in [2.45, 2.75) is 65.1 Å². The van der Waals surface area contributed by atoms with Gasteiger partial charge in [-0.3, -0.25) is 14.8 Å². The van der Waals surface area contributed by atoms with Gasteiger partial charge in [0.25, 0.3) is 5.69 Å². The third-order valence-electron chi connectivity index (χ3n) is 5.21. The molecule has 1 aliphatic carbocycles. The maximum Gasteiger partial charge on any atom is 0.269 e. The second kappa shape index (κ2) is 10.0. The Balaban J connectivity index is 1.55. The molecule has 0 aliphatic heterocycles. The molecule has 8 nitrogen and oxygen atoms in total. The van der Waals surface area contributed by atoms with Crippen molar-refractivity contribution in [2.24, 2.45) is 4.99 Å². The molecule has 0 saturated heterocycles. The van der Waals surface area contributed by atoms with Gasteiger partial charge in [-0.05, 0) is 44.7 Å². The van der Waals surface area contributed by atoms with Gasteiger partial charge in [0.05, 0.1) is 17.2 Å². The highest BCUT2D eigenvalue weighted by Crippen LogP contribution is 2.17. The number of nitro groups is 1. The molecule has 1 fully saturated rings. The van der Waals surface area contributed by atoms with Crippen LogP contribution in [0.1, 0.15) is 49.1 Å². The lowest BCUT2D eigenvalue weighted by Gasteiger charge is -2.17. The molecule has 8 heteroatoms. The van der Waals surface area contributed by atoms with Gasteiger partial charge in [-0.2, -0.15) is 5.10 Å². The van der Waals surface area contributed by atoms with Crippen LogP contribution >= 0.6 is 0 Å². The summed E-state index contributed by atoms with van der Waals surface area (Å²) >= 11 is 0. The van der Waals surface area contributed by atoms with Crippen LogP contribution in [-0.2, 0) is 13.1 Å². The average Bonchev–Trinajstić information content (AvgIpc) is 3.32. The quantitative estimate of drug-likeness (QED) is 0.233. The maximum absolute atomic E-state index is 10.8. The fourth-order valence-electron chi connectivity index (χ4n) is 3.65. The van der Waals surface area contributed by atoms with E-state index in [0.29, 0.717) is 12.6 Å². The molecular formula is C21H30N6O2. The molecular weight excluding hydrogens is 368 g/mol. The van der Waals surface area contributed by atoms with Crippen molar-refractivity contribution in [3.8, 4) is 0 Å². The summed E-state index contributed by atoms with van der Waals surface area (Å²) in [5.41, 5.74) is 3.28. The van der Waals surface area contributed by atoms with Gasteiger partial charge >= 0.3 is 0 Å². The highest BCUT2D eigenvalue weighted by molar-refractivity contribution is 5.80. The van der Waals surface area contributed by atoms with Gasteiger partial charge < -0.3 is 10.6 Å². The number of aromatic nitrogens is 2. The predicted molar refractivity (Wildman–Crippen MR) is 114 cm³/mol. The van der Waals surface area contributed by atoms with Gasteiger partial charge in [-0.25, -0.2) is 4.99 Å². The van der Waals surface area contributed by atoms with Gasteiger partial charge in [0.2, 0.25) is 0 Å². The molecule has 0 amide bonds. The van der Waals surface area contributed by atoms with Gasteiger partial charge in [0, 0.05) is 37.0 Å². The smallest absolute Gasteiger partial charge is 0.269 e. The van der Waals surface area contributed by atoms with Gasteiger partial charge in [0.1, 0.15) is 0 Å². The van der Waals surface area contributed by atoms with Gasteiger partial charge in [-0.15, -0.1) is 0 Å². The van der Waals surface area contributed by atoms with E-state index in [2.05, 4.69) is 28.7 Å². The van der Waals surface area contributed by atoms with Crippen molar-refractivity contribution in [1.29, 1.82) is 0 Å². The van der Waals surface area contributed by atoms with E-state index in [-0.39, 0.29) is 10.6 Å². The molecule has 29 heavy (non-hydrogen) atoms. The number of benzene rings is 1. The Morgan fingerprint density at radius 1 is 1.28 bits per heavy atom. The van der Waals surface area contributed by atoms with E-state index in [1.165, 1.54) is 43.5 Å². The number of hydrogen-bond acceptors (Lipinski definition) is 4. The number of nitrogens with zero attached hydrogens (tertiary/aromatic N) is 4. The Morgan fingerprint density at radius 3 is 2.62 bits per heavy atom. The SMILES string of the molecule is Cc1cc(C)n(CCCNC(=NCc2ccc([N+](=O)[O-])cc2)NC2CCCC2)n1. The number of guanidine groups is 1. The zero-order valence-corrected chi connectivity index (χ0v) is 17.2. The number of rotatable bonds is 8. The lowest BCUT2D eigenvalue weighted by Crippen LogP contribution is -2.43. The van der Waals surface area contributed by atoms with Crippen LogP contribution in [0.3, 0.4) is 0 Å². The standard InChI is InChI=1S/C21H30N6O2/c1-16-14-17(2)26(25-16)13-5-12-22-21(24-19-6-3-4-7-19)23-15-18-8-10-20(11-9-18)27(28)29/h8-11,14,19H,3-7,12-13,15H2,1-2H3,(H2,22,23,24). The summed E-state index contributed by atoms with van der Waals surface area (Å²) in [6.45, 7) is 6.24. The van der Waals surface area contributed by atoms with Crippen molar-refractivity contribution < 1.29 is 4.92 Å². The maximum atomic E-state index is 10.8. The van der Waals surface area contributed by atoms with Crippen LogP contribution < -0.4 is 10.6 Å². The summed E-state index contributed by atoms with van der Waals surface area (Å²) < 4.78 is 2.04. The van der Waals surface area contributed by atoms with Crippen LogP contribution in [-0.4, -0.2) is 33.2 Å².